The Hall–Kier alpha value is -2.33. The van der Waals surface area contributed by atoms with E-state index in [-0.39, 0.29) is 12.1 Å². The first-order chi connectivity index (χ1) is 12.8. The van der Waals surface area contributed by atoms with Gasteiger partial charge in [0.25, 0.3) is 0 Å². The second-order valence-corrected chi connectivity index (χ2v) is 6.59. The van der Waals surface area contributed by atoms with E-state index in [1.807, 2.05) is 30.3 Å². The highest BCUT2D eigenvalue weighted by molar-refractivity contribution is 5.89. The van der Waals surface area contributed by atoms with E-state index in [1.54, 1.807) is 19.2 Å². The molecule has 4 heteroatoms. The Morgan fingerprint density at radius 1 is 1.04 bits per heavy atom. The lowest BCUT2D eigenvalue weighted by atomic mass is 10.0. The van der Waals surface area contributed by atoms with Gasteiger partial charge in [-0.05, 0) is 61.9 Å². The van der Waals surface area contributed by atoms with Crippen molar-refractivity contribution in [3.05, 3.63) is 65.7 Å². The molecule has 2 atom stereocenters. The second kappa shape index (κ2) is 9.39. The van der Waals surface area contributed by atoms with Gasteiger partial charge in [0.1, 0.15) is 5.75 Å². The zero-order chi connectivity index (χ0) is 18.2. The van der Waals surface area contributed by atoms with Crippen LogP contribution < -0.4 is 4.74 Å². The highest BCUT2D eigenvalue weighted by Crippen LogP contribution is 2.35. The lowest BCUT2D eigenvalue weighted by Gasteiger charge is -2.14. The molecule has 2 aromatic rings. The van der Waals surface area contributed by atoms with Gasteiger partial charge in [-0.1, -0.05) is 30.3 Å². The van der Waals surface area contributed by atoms with Crippen molar-refractivity contribution in [3.63, 3.8) is 0 Å². The zero-order valence-corrected chi connectivity index (χ0v) is 15.2. The molecule has 1 fully saturated rings. The third-order valence-electron chi connectivity index (χ3n) is 4.76. The Morgan fingerprint density at radius 3 is 2.54 bits per heavy atom. The van der Waals surface area contributed by atoms with Crippen molar-refractivity contribution in [1.29, 1.82) is 0 Å². The van der Waals surface area contributed by atoms with Gasteiger partial charge in [0.05, 0.1) is 31.5 Å². The maximum absolute atomic E-state index is 11.9. The van der Waals surface area contributed by atoms with Gasteiger partial charge < -0.3 is 14.2 Å². The number of methoxy groups -OCH3 is 1. The van der Waals surface area contributed by atoms with Crippen LogP contribution in [0.3, 0.4) is 0 Å². The van der Waals surface area contributed by atoms with E-state index in [0.717, 1.165) is 37.9 Å². The number of rotatable bonds is 8. The van der Waals surface area contributed by atoms with Gasteiger partial charge in [0.2, 0.25) is 0 Å². The molecule has 0 bridgehead atoms. The Bertz CT molecular complexity index is 681. The normalized spacial score (nSPS) is 19.3. The lowest BCUT2D eigenvalue weighted by Crippen LogP contribution is -2.09. The summed E-state index contributed by atoms with van der Waals surface area (Å²) in [5.74, 6) is 0.621. The molecule has 0 radical (unpaired) electrons. The fourth-order valence-corrected chi connectivity index (χ4v) is 3.28. The van der Waals surface area contributed by atoms with E-state index in [1.165, 1.54) is 5.56 Å². The number of carbonyl (C=O) groups is 1. The van der Waals surface area contributed by atoms with Gasteiger partial charge in [-0.15, -0.1) is 0 Å². The van der Waals surface area contributed by atoms with E-state index in [2.05, 4.69) is 12.1 Å². The minimum atomic E-state index is -0.248. The van der Waals surface area contributed by atoms with Gasteiger partial charge in [-0.3, -0.25) is 0 Å². The van der Waals surface area contributed by atoms with Crippen LogP contribution in [0.2, 0.25) is 0 Å². The van der Waals surface area contributed by atoms with Gasteiger partial charge in [-0.25, -0.2) is 4.79 Å². The number of ether oxygens (including phenoxy) is 3. The quantitative estimate of drug-likeness (QED) is 0.497. The number of benzene rings is 2. The Morgan fingerprint density at radius 2 is 1.81 bits per heavy atom. The second-order valence-electron chi connectivity index (χ2n) is 6.59. The highest BCUT2D eigenvalue weighted by Gasteiger charge is 2.26. The summed E-state index contributed by atoms with van der Waals surface area (Å²) in [5.41, 5.74) is 1.82. The molecule has 0 spiro atoms. The molecule has 0 N–H and O–H groups in total. The maximum atomic E-state index is 11.9. The number of esters is 1. The fourth-order valence-electron chi connectivity index (χ4n) is 3.28. The Labute approximate surface area is 155 Å². The summed E-state index contributed by atoms with van der Waals surface area (Å²) < 4.78 is 16.7. The maximum Gasteiger partial charge on any atom is 0.338 e. The largest absolute Gasteiger partial charge is 0.497 e. The minimum Gasteiger partial charge on any atom is -0.497 e. The Balaban J connectivity index is 1.33. The van der Waals surface area contributed by atoms with E-state index in [9.17, 15) is 4.79 Å². The molecule has 2 aromatic carbocycles. The molecule has 138 valence electrons. The molecule has 1 unspecified atom stereocenters. The monoisotopic (exact) mass is 354 g/mol. The van der Waals surface area contributed by atoms with Gasteiger partial charge in [0.15, 0.2) is 0 Å². The molecule has 4 nitrogen and oxygen atoms in total. The standard InChI is InChI=1S/C22H26O4/c1-24-19-12-10-17(11-13-19)21-15-14-20(26-21)9-5-6-16-25-22(23)18-7-3-2-4-8-18/h2-4,7-8,10-13,20-21H,5-6,9,14-16H2,1H3/t20-,21?/m1/s1. The molecule has 0 amide bonds. The van der Waals surface area contributed by atoms with E-state index in [4.69, 9.17) is 14.2 Å². The summed E-state index contributed by atoms with van der Waals surface area (Å²) in [6.07, 6.45) is 5.50. The van der Waals surface area contributed by atoms with Crippen LogP contribution in [-0.2, 0) is 9.47 Å². The number of hydrogen-bond donors (Lipinski definition) is 0. The molecule has 26 heavy (non-hydrogen) atoms. The van der Waals surface area contributed by atoms with Crippen LogP contribution in [-0.4, -0.2) is 25.8 Å². The summed E-state index contributed by atoms with van der Waals surface area (Å²) >= 11 is 0. The molecular formula is C22H26O4. The van der Waals surface area contributed by atoms with Crippen molar-refractivity contribution in [2.24, 2.45) is 0 Å². The van der Waals surface area contributed by atoms with Crippen molar-refractivity contribution in [1.82, 2.24) is 0 Å². The van der Waals surface area contributed by atoms with Gasteiger partial charge in [0, 0.05) is 0 Å². The molecule has 3 rings (SSSR count). The van der Waals surface area contributed by atoms with Crippen molar-refractivity contribution in [2.75, 3.05) is 13.7 Å². The molecular weight excluding hydrogens is 328 g/mol. The van der Waals surface area contributed by atoms with Crippen molar-refractivity contribution in [2.45, 2.75) is 44.3 Å². The van der Waals surface area contributed by atoms with E-state index in [0.29, 0.717) is 18.3 Å². The van der Waals surface area contributed by atoms with Crippen LogP contribution in [0.5, 0.6) is 5.75 Å². The summed E-state index contributed by atoms with van der Waals surface area (Å²) in [5, 5.41) is 0. The summed E-state index contributed by atoms with van der Waals surface area (Å²) in [4.78, 5) is 11.9. The van der Waals surface area contributed by atoms with Crippen molar-refractivity contribution < 1.29 is 19.0 Å². The third kappa shape index (κ3) is 5.09. The topological polar surface area (TPSA) is 44.8 Å². The average molecular weight is 354 g/mol. The molecule has 0 saturated carbocycles. The van der Waals surface area contributed by atoms with Gasteiger partial charge in [-0.2, -0.15) is 0 Å². The SMILES string of the molecule is COc1ccc(C2CC[C@@H](CCCCOC(=O)c3ccccc3)O2)cc1. The third-order valence-corrected chi connectivity index (χ3v) is 4.76. The molecule has 0 aliphatic carbocycles. The highest BCUT2D eigenvalue weighted by atomic mass is 16.5. The van der Waals surface area contributed by atoms with Crippen LogP contribution in [0.4, 0.5) is 0 Å². The number of unbranched alkanes of at least 4 members (excludes halogenated alkanes) is 1. The lowest BCUT2D eigenvalue weighted by molar-refractivity contribution is 0.0356. The first-order valence-corrected chi connectivity index (χ1v) is 9.28. The average Bonchev–Trinajstić information content (AvgIpc) is 3.17. The fraction of sp³-hybridized carbons (Fsp3) is 0.409. The van der Waals surface area contributed by atoms with Crippen LogP contribution in [0.25, 0.3) is 0 Å². The zero-order valence-electron chi connectivity index (χ0n) is 15.2. The van der Waals surface area contributed by atoms with Gasteiger partial charge >= 0.3 is 5.97 Å². The molecule has 0 aromatic heterocycles. The number of carbonyl (C=O) groups excluding carboxylic acids is 1. The Kier molecular flexibility index (Phi) is 6.67. The predicted octanol–water partition coefficient (Wildman–Crippen LogP) is 4.94. The summed E-state index contributed by atoms with van der Waals surface area (Å²) in [6.45, 7) is 0.461. The summed E-state index contributed by atoms with van der Waals surface area (Å²) in [7, 11) is 1.67. The predicted molar refractivity (Wildman–Crippen MR) is 100 cm³/mol. The smallest absolute Gasteiger partial charge is 0.338 e. The molecule has 1 aliphatic rings. The summed E-state index contributed by atoms with van der Waals surface area (Å²) in [6, 6.07) is 17.2. The van der Waals surface area contributed by atoms with Crippen LogP contribution in [0.15, 0.2) is 54.6 Å². The molecule has 1 saturated heterocycles. The van der Waals surface area contributed by atoms with Crippen LogP contribution >= 0.6 is 0 Å². The minimum absolute atomic E-state index is 0.182. The van der Waals surface area contributed by atoms with E-state index >= 15 is 0 Å². The molecule has 1 heterocycles. The number of hydrogen-bond acceptors (Lipinski definition) is 4. The van der Waals surface area contributed by atoms with Crippen molar-refractivity contribution in [3.8, 4) is 5.75 Å². The van der Waals surface area contributed by atoms with Crippen molar-refractivity contribution >= 4 is 5.97 Å². The van der Waals surface area contributed by atoms with E-state index < -0.39 is 0 Å². The molecule has 1 aliphatic heterocycles. The first-order valence-electron chi connectivity index (χ1n) is 9.28. The van der Waals surface area contributed by atoms with Crippen LogP contribution in [0.1, 0.15) is 54.1 Å². The first kappa shape index (κ1) is 18.5. The van der Waals surface area contributed by atoms with Crippen LogP contribution in [0, 0.1) is 0 Å².